The maximum absolute atomic E-state index is 13.6. The van der Waals surface area contributed by atoms with Gasteiger partial charge in [-0.05, 0) is 74.8 Å². The number of benzene rings is 2. The van der Waals surface area contributed by atoms with Crippen molar-refractivity contribution in [2.45, 2.75) is 77.4 Å². The van der Waals surface area contributed by atoms with E-state index in [0.29, 0.717) is 25.3 Å². The second-order valence-electron chi connectivity index (χ2n) is 11.7. The van der Waals surface area contributed by atoms with Crippen molar-refractivity contribution in [3.05, 3.63) is 65.2 Å². The number of hydrogen-bond acceptors (Lipinski definition) is 4. The number of likely N-dealkylation sites (N-methyl/N-ethyl adjacent to an activating group) is 1. The molecule has 2 aromatic rings. The zero-order chi connectivity index (χ0) is 27.3. The molecule has 0 bridgehead atoms. The van der Waals surface area contributed by atoms with E-state index in [1.807, 2.05) is 69.1 Å². The Labute approximate surface area is 226 Å². The summed E-state index contributed by atoms with van der Waals surface area (Å²) in [4.78, 5) is 41.6. The Balaban J connectivity index is 1.42. The van der Waals surface area contributed by atoms with Gasteiger partial charge in [-0.15, -0.1) is 0 Å². The monoisotopic (exact) mass is 519 g/mol. The first-order valence-corrected chi connectivity index (χ1v) is 13.8. The van der Waals surface area contributed by atoms with Crippen LogP contribution in [0.5, 0.6) is 0 Å². The van der Waals surface area contributed by atoms with Gasteiger partial charge < -0.3 is 19.9 Å². The lowest BCUT2D eigenvalue weighted by Gasteiger charge is -2.24. The summed E-state index contributed by atoms with van der Waals surface area (Å²) in [5.74, 6) is -0.135. The highest BCUT2D eigenvalue weighted by molar-refractivity contribution is 5.96. The van der Waals surface area contributed by atoms with E-state index in [0.717, 1.165) is 61.2 Å². The second kappa shape index (κ2) is 12.0. The third kappa shape index (κ3) is 7.36. The number of esters is 1. The van der Waals surface area contributed by atoms with Crippen molar-refractivity contribution in [1.29, 1.82) is 0 Å². The van der Waals surface area contributed by atoms with Crippen LogP contribution in [0.15, 0.2) is 48.5 Å². The molecule has 1 unspecified atom stereocenters. The van der Waals surface area contributed by atoms with Gasteiger partial charge in [0.25, 0.3) is 0 Å². The van der Waals surface area contributed by atoms with Crippen LogP contribution < -0.4 is 5.32 Å². The molecular formula is C31H41N3O4. The van der Waals surface area contributed by atoms with E-state index in [9.17, 15) is 14.4 Å². The van der Waals surface area contributed by atoms with Crippen LogP contribution in [-0.2, 0) is 27.3 Å². The van der Waals surface area contributed by atoms with Gasteiger partial charge in [0.2, 0.25) is 5.91 Å². The second-order valence-corrected chi connectivity index (χ2v) is 11.7. The first kappa shape index (κ1) is 27.7. The molecule has 3 amide bonds. The van der Waals surface area contributed by atoms with Crippen LogP contribution in [-0.4, -0.2) is 53.4 Å². The van der Waals surface area contributed by atoms with Gasteiger partial charge >= 0.3 is 12.0 Å². The third-order valence-electron chi connectivity index (χ3n) is 7.40. The third-order valence-corrected chi connectivity index (χ3v) is 7.40. The lowest BCUT2D eigenvalue weighted by atomic mass is 9.83. The summed E-state index contributed by atoms with van der Waals surface area (Å²) in [7, 11) is 1.83. The van der Waals surface area contributed by atoms with Crippen LogP contribution in [0.25, 0.3) is 0 Å². The summed E-state index contributed by atoms with van der Waals surface area (Å²) in [6, 6.07) is 16.0. The van der Waals surface area contributed by atoms with E-state index >= 15 is 0 Å². The van der Waals surface area contributed by atoms with Crippen LogP contribution in [0.1, 0.15) is 75.5 Å². The maximum atomic E-state index is 13.6. The number of rotatable bonds is 9. The van der Waals surface area contributed by atoms with Crippen molar-refractivity contribution in [2.75, 3.05) is 25.5 Å². The van der Waals surface area contributed by atoms with Gasteiger partial charge in [0.05, 0.1) is 5.92 Å². The molecule has 1 atom stereocenters. The highest BCUT2D eigenvalue weighted by Crippen LogP contribution is 2.38. The number of carbonyl (C=O) groups is 3. The Morgan fingerprint density at radius 3 is 2.37 bits per heavy atom. The quantitative estimate of drug-likeness (QED) is 0.429. The zero-order valence-corrected chi connectivity index (χ0v) is 23.2. The molecule has 1 heterocycles. The van der Waals surface area contributed by atoms with Gasteiger partial charge in [-0.25, -0.2) is 4.79 Å². The molecule has 1 saturated carbocycles. The largest absolute Gasteiger partial charge is 0.460 e. The topological polar surface area (TPSA) is 78.9 Å². The highest BCUT2D eigenvalue weighted by atomic mass is 16.6. The van der Waals surface area contributed by atoms with E-state index in [-0.39, 0.29) is 23.8 Å². The molecule has 2 aliphatic rings. The van der Waals surface area contributed by atoms with Crippen LogP contribution in [0.4, 0.5) is 10.5 Å². The fraction of sp³-hybridized carbons (Fsp3) is 0.516. The predicted octanol–water partition coefficient (Wildman–Crippen LogP) is 5.74. The van der Waals surface area contributed by atoms with Gasteiger partial charge in [0.1, 0.15) is 5.60 Å². The molecule has 1 saturated heterocycles. The molecule has 0 spiro atoms. The molecule has 1 N–H and O–H groups in total. The smallest absolute Gasteiger partial charge is 0.320 e. The van der Waals surface area contributed by atoms with Gasteiger partial charge in [-0.1, -0.05) is 49.2 Å². The normalized spacial score (nSPS) is 17.1. The number of nitrogens with zero attached hydrogens (tertiary/aromatic N) is 2. The van der Waals surface area contributed by atoms with Crippen LogP contribution in [0, 0.1) is 5.92 Å². The standard InChI is InChI=1S/C31H41N3O4/c1-31(2,3)38-27(35)17-14-22-8-7-11-26(20-22)32-29(36)28(24-9-5-6-10-24)25-15-12-23(13-16-25)21-34-19-18-33(4)30(34)37/h7-8,11-13,15-16,20,24,28H,5-6,9-10,14,17-19,21H2,1-4H3,(H,32,36). The minimum Gasteiger partial charge on any atom is -0.460 e. The van der Waals surface area contributed by atoms with E-state index in [2.05, 4.69) is 17.4 Å². The molecule has 38 heavy (non-hydrogen) atoms. The van der Waals surface area contributed by atoms with Crippen LogP contribution in [0.2, 0.25) is 0 Å². The molecule has 2 aromatic carbocycles. The van der Waals surface area contributed by atoms with Gasteiger partial charge in [0, 0.05) is 38.8 Å². The Bertz CT molecular complexity index is 1130. The maximum Gasteiger partial charge on any atom is 0.320 e. The molecular weight excluding hydrogens is 478 g/mol. The molecule has 204 valence electrons. The van der Waals surface area contributed by atoms with Gasteiger partial charge in [-0.3, -0.25) is 9.59 Å². The average molecular weight is 520 g/mol. The van der Waals surface area contributed by atoms with Crippen LogP contribution >= 0.6 is 0 Å². The van der Waals surface area contributed by atoms with Crippen molar-refractivity contribution in [3.63, 3.8) is 0 Å². The number of nitrogens with one attached hydrogen (secondary N) is 1. The highest BCUT2D eigenvalue weighted by Gasteiger charge is 2.32. The number of ether oxygens (including phenoxy) is 1. The minimum atomic E-state index is -0.497. The van der Waals surface area contributed by atoms with E-state index in [1.165, 1.54) is 0 Å². The Hall–Kier alpha value is -3.35. The SMILES string of the molecule is CN1CCN(Cc2ccc(C(C(=O)Nc3cccc(CCC(=O)OC(C)(C)C)c3)C3CCCC3)cc2)C1=O. The Kier molecular flexibility index (Phi) is 8.75. The first-order valence-electron chi connectivity index (χ1n) is 13.8. The predicted molar refractivity (Wildman–Crippen MR) is 149 cm³/mol. The molecule has 1 aliphatic heterocycles. The summed E-state index contributed by atoms with van der Waals surface area (Å²) >= 11 is 0. The Morgan fingerprint density at radius 1 is 1.03 bits per heavy atom. The van der Waals surface area contributed by atoms with Crippen molar-refractivity contribution in [1.82, 2.24) is 9.80 Å². The summed E-state index contributed by atoms with van der Waals surface area (Å²) in [5.41, 5.74) is 3.32. The number of aryl methyl sites for hydroxylation is 1. The first-order chi connectivity index (χ1) is 18.1. The minimum absolute atomic E-state index is 0.00490. The number of urea groups is 1. The molecule has 0 aromatic heterocycles. The fourth-order valence-corrected chi connectivity index (χ4v) is 5.49. The lowest BCUT2D eigenvalue weighted by molar-refractivity contribution is -0.154. The van der Waals surface area contributed by atoms with Gasteiger partial charge in [0.15, 0.2) is 0 Å². The summed E-state index contributed by atoms with van der Waals surface area (Å²) in [6.45, 7) is 7.66. The van der Waals surface area contributed by atoms with E-state index in [1.54, 1.807) is 4.90 Å². The summed E-state index contributed by atoms with van der Waals surface area (Å²) < 4.78 is 5.42. The molecule has 0 radical (unpaired) electrons. The summed E-state index contributed by atoms with van der Waals surface area (Å²) in [5, 5.41) is 3.15. The van der Waals surface area contributed by atoms with E-state index < -0.39 is 5.60 Å². The Morgan fingerprint density at radius 2 is 1.74 bits per heavy atom. The number of amides is 3. The van der Waals surface area contributed by atoms with Crippen LogP contribution in [0.3, 0.4) is 0 Å². The number of hydrogen-bond donors (Lipinski definition) is 1. The van der Waals surface area contributed by atoms with E-state index in [4.69, 9.17) is 4.74 Å². The summed E-state index contributed by atoms with van der Waals surface area (Å²) in [6.07, 6.45) is 5.25. The average Bonchev–Trinajstić information content (AvgIpc) is 3.49. The molecule has 1 aliphatic carbocycles. The molecule has 7 nitrogen and oxygen atoms in total. The number of carbonyl (C=O) groups excluding carboxylic acids is 3. The molecule has 4 rings (SSSR count). The van der Waals surface area contributed by atoms with Crippen molar-refractivity contribution < 1.29 is 19.1 Å². The van der Waals surface area contributed by atoms with Gasteiger partial charge in [-0.2, -0.15) is 0 Å². The number of anilines is 1. The lowest BCUT2D eigenvalue weighted by Crippen LogP contribution is -2.29. The fourth-order valence-electron chi connectivity index (χ4n) is 5.49. The zero-order valence-electron chi connectivity index (χ0n) is 23.2. The molecule has 2 fully saturated rings. The van der Waals surface area contributed by atoms with Crippen molar-refractivity contribution in [3.8, 4) is 0 Å². The molecule has 7 heteroatoms. The van der Waals surface area contributed by atoms with Crippen molar-refractivity contribution >= 4 is 23.6 Å². The van der Waals surface area contributed by atoms with Crippen molar-refractivity contribution in [2.24, 2.45) is 5.92 Å².